The lowest BCUT2D eigenvalue weighted by atomic mass is 10.4. The van der Waals surface area contributed by atoms with Gasteiger partial charge in [0.1, 0.15) is 0 Å². The Hall–Kier alpha value is 0.217. The van der Waals surface area contributed by atoms with E-state index in [0.29, 0.717) is 0 Å². The molecule has 0 heterocycles. The molecular formula is C7H18Si. The molecule has 0 atom stereocenters. The Morgan fingerprint density at radius 3 is 1.75 bits per heavy atom. The van der Waals surface area contributed by atoms with Crippen molar-refractivity contribution in [2.75, 3.05) is 0 Å². The maximum absolute atomic E-state index is 2.43. The highest BCUT2D eigenvalue weighted by Crippen LogP contribution is 2.11. The van der Waals surface area contributed by atoms with Crippen LogP contribution in [0.25, 0.3) is 0 Å². The van der Waals surface area contributed by atoms with E-state index in [1.807, 2.05) is 0 Å². The zero-order chi connectivity index (χ0) is 6.62. The van der Waals surface area contributed by atoms with Gasteiger partial charge in [-0.1, -0.05) is 45.5 Å². The molecule has 1 heteroatoms. The summed E-state index contributed by atoms with van der Waals surface area (Å²) in [4.78, 5) is 0. The second kappa shape index (κ2) is 3.28. The molecule has 0 radical (unpaired) electrons. The second-order valence-electron chi connectivity index (χ2n) is 3.66. The van der Waals surface area contributed by atoms with Crippen molar-refractivity contribution < 1.29 is 0 Å². The molecule has 0 aromatic carbocycles. The fourth-order valence-electron chi connectivity index (χ4n) is 0.707. The van der Waals surface area contributed by atoms with E-state index in [4.69, 9.17) is 0 Å². The Morgan fingerprint density at radius 1 is 1.12 bits per heavy atom. The Kier molecular flexibility index (Phi) is 3.37. The van der Waals surface area contributed by atoms with E-state index in [9.17, 15) is 0 Å². The summed E-state index contributed by atoms with van der Waals surface area (Å²) in [7, 11) is -0.678. The molecule has 0 aliphatic carbocycles. The minimum atomic E-state index is -0.678. The molecule has 50 valence electrons. The molecule has 0 aromatic heterocycles. The molecule has 0 N–H and O–H groups in total. The van der Waals surface area contributed by atoms with Crippen molar-refractivity contribution in [1.82, 2.24) is 0 Å². The molecule has 0 unspecified atom stereocenters. The predicted octanol–water partition coefficient (Wildman–Crippen LogP) is 3.12. The third-order valence-electron chi connectivity index (χ3n) is 1.28. The van der Waals surface area contributed by atoms with Crippen molar-refractivity contribution in [3.8, 4) is 0 Å². The van der Waals surface area contributed by atoms with Gasteiger partial charge in [-0.05, 0) is 0 Å². The van der Waals surface area contributed by atoms with Gasteiger partial charge in [-0.3, -0.25) is 0 Å². The quantitative estimate of drug-likeness (QED) is 0.515. The Morgan fingerprint density at radius 2 is 1.62 bits per heavy atom. The first kappa shape index (κ1) is 8.22. The number of rotatable bonds is 3. The van der Waals surface area contributed by atoms with Crippen LogP contribution in [0, 0.1) is 0 Å². The predicted molar refractivity (Wildman–Crippen MR) is 43.1 cm³/mol. The van der Waals surface area contributed by atoms with Gasteiger partial charge in [0, 0.05) is 8.07 Å². The molecule has 0 rings (SSSR count). The molecule has 0 saturated heterocycles. The van der Waals surface area contributed by atoms with Crippen LogP contribution in [0.5, 0.6) is 0 Å². The monoisotopic (exact) mass is 130 g/mol. The van der Waals surface area contributed by atoms with E-state index in [0.717, 1.165) is 0 Å². The van der Waals surface area contributed by atoms with Crippen LogP contribution in [0.15, 0.2) is 0 Å². The number of unbranched alkanes of at least 4 members (excludes halogenated alkanes) is 1. The molecule has 0 saturated carbocycles. The highest BCUT2D eigenvalue weighted by atomic mass is 28.3. The van der Waals surface area contributed by atoms with Crippen molar-refractivity contribution >= 4 is 8.07 Å². The van der Waals surface area contributed by atoms with Gasteiger partial charge < -0.3 is 0 Å². The van der Waals surface area contributed by atoms with Gasteiger partial charge in [0.15, 0.2) is 0 Å². The topological polar surface area (TPSA) is 0 Å². The maximum Gasteiger partial charge on any atom is 0.0442 e. The van der Waals surface area contributed by atoms with Crippen LogP contribution in [0.1, 0.15) is 19.8 Å². The minimum absolute atomic E-state index is 0.678. The first-order valence-electron chi connectivity index (χ1n) is 3.56. The normalized spacial score (nSPS) is 12.0. The minimum Gasteiger partial charge on any atom is -0.0695 e. The Labute approximate surface area is 54.3 Å². The largest absolute Gasteiger partial charge is 0.0695 e. The van der Waals surface area contributed by atoms with Crippen molar-refractivity contribution in [3.05, 3.63) is 0 Å². The van der Waals surface area contributed by atoms with Crippen molar-refractivity contribution in [2.24, 2.45) is 0 Å². The third kappa shape index (κ3) is 6.22. The lowest BCUT2D eigenvalue weighted by molar-refractivity contribution is 0.868. The molecule has 0 bridgehead atoms. The maximum atomic E-state index is 2.43. The Bertz CT molecular complexity index is 51.9. The van der Waals surface area contributed by atoms with Gasteiger partial charge in [0.2, 0.25) is 0 Å². The van der Waals surface area contributed by atoms with Gasteiger partial charge in [0.25, 0.3) is 0 Å². The molecular weight excluding hydrogens is 112 g/mol. The SMILES string of the molecule is CCCC[Si](C)(C)C. The Balaban J connectivity index is 3.11. The summed E-state index contributed by atoms with van der Waals surface area (Å²) in [5.41, 5.74) is 0. The third-order valence-corrected chi connectivity index (χ3v) is 3.13. The molecule has 0 spiro atoms. The lowest BCUT2D eigenvalue weighted by Gasteiger charge is -2.13. The molecule has 0 aromatic rings. The van der Waals surface area contributed by atoms with Gasteiger partial charge in [-0.2, -0.15) is 0 Å². The highest BCUT2D eigenvalue weighted by Gasteiger charge is 2.10. The summed E-state index contributed by atoms with van der Waals surface area (Å²) in [5.74, 6) is 0. The average Bonchev–Trinajstić information content (AvgIpc) is 1.59. The molecule has 0 amide bonds. The van der Waals surface area contributed by atoms with E-state index in [1.54, 1.807) is 0 Å². The van der Waals surface area contributed by atoms with Crippen LogP contribution in [0.3, 0.4) is 0 Å². The van der Waals surface area contributed by atoms with E-state index in [-0.39, 0.29) is 0 Å². The summed E-state index contributed by atoms with van der Waals surface area (Å²) in [6.07, 6.45) is 2.81. The fourth-order valence-corrected chi connectivity index (χ4v) is 2.12. The average molecular weight is 130 g/mol. The van der Waals surface area contributed by atoms with Crippen LogP contribution >= 0.6 is 0 Å². The van der Waals surface area contributed by atoms with E-state index < -0.39 is 8.07 Å². The summed E-state index contributed by atoms with van der Waals surface area (Å²) in [5, 5.41) is 0. The summed E-state index contributed by atoms with van der Waals surface area (Å²) < 4.78 is 0. The zero-order valence-corrected chi connectivity index (χ0v) is 7.62. The van der Waals surface area contributed by atoms with E-state index in [2.05, 4.69) is 26.6 Å². The second-order valence-corrected chi connectivity index (χ2v) is 9.29. The van der Waals surface area contributed by atoms with Crippen LogP contribution in [-0.4, -0.2) is 8.07 Å². The zero-order valence-electron chi connectivity index (χ0n) is 6.62. The summed E-state index contributed by atoms with van der Waals surface area (Å²) >= 11 is 0. The van der Waals surface area contributed by atoms with Gasteiger partial charge in [-0.15, -0.1) is 0 Å². The first-order valence-corrected chi connectivity index (χ1v) is 7.27. The lowest BCUT2D eigenvalue weighted by Crippen LogP contribution is -2.18. The fraction of sp³-hybridized carbons (Fsp3) is 1.00. The van der Waals surface area contributed by atoms with E-state index >= 15 is 0 Å². The van der Waals surface area contributed by atoms with Gasteiger partial charge >= 0.3 is 0 Å². The van der Waals surface area contributed by atoms with Crippen molar-refractivity contribution in [1.29, 1.82) is 0 Å². The highest BCUT2D eigenvalue weighted by molar-refractivity contribution is 6.76. The van der Waals surface area contributed by atoms with Crippen LogP contribution in [0.4, 0.5) is 0 Å². The molecule has 0 aliphatic heterocycles. The van der Waals surface area contributed by atoms with Crippen LogP contribution in [-0.2, 0) is 0 Å². The van der Waals surface area contributed by atoms with Gasteiger partial charge in [0.05, 0.1) is 0 Å². The molecule has 0 nitrogen and oxygen atoms in total. The van der Waals surface area contributed by atoms with E-state index in [1.165, 1.54) is 18.9 Å². The number of hydrogen-bond donors (Lipinski definition) is 0. The molecule has 0 fully saturated rings. The van der Waals surface area contributed by atoms with Crippen LogP contribution < -0.4 is 0 Å². The van der Waals surface area contributed by atoms with Crippen LogP contribution in [0.2, 0.25) is 25.7 Å². The summed E-state index contributed by atoms with van der Waals surface area (Å²) in [6.45, 7) is 9.56. The first-order chi connectivity index (χ1) is 3.56. The number of hydrogen-bond acceptors (Lipinski definition) is 0. The van der Waals surface area contributed by atoms with Crippen molar-refractivity contribution in [3.63, 3.8) is 0 Å². The molecule has 8 heavy (non-hydrogen) atoms. The van der Waals surface area contributed by atoms with Gasteiger partial charge in [-0.25, -0.2) is 0 Å². The summed E-state index contributed by atoms with van der Waals surface area (Å²) in [6, 6.07) is 1.50. The standard InChI is InChI=1S/C7H18Si/c1-5-6-7-8(2,3)4/h5-7H2,1-4H3. The van der Waals surface area contributed by atoms with Crippen molar-refractivity contribution in [2.45, 2.75) is 45.5 Å². The smallest absolute Gasteiger partial charge is 0.0442 e. The molecule has 0 aliphatic rings.